The van der Waals surface area contributed by atoms with E-state index >= 15 is 0 Å². The first-order valence-electron chi connectivity index (χ1n) is 7.02. The predicted octanol–water partition coefficient (Wildman–Crippen LogP) is 3.07. The molecule has 4 nitrogen and oxygen atoms in total. The molecule has 22 heavy (non-hydrogen) atoms. The number of carbonyl (C=O) groups is 1. The van der Waals surface area contributed by atoms with E-state index in [2.05, 4.69) is 15.3 Å². The van der Waals surface area contributed by atoms with Crippen molar-refractivity contribution in [1.29, 1.82) is 0 Å². The molecular formula is C18H15N3O. The molecule has 2 aromatic carbocycles. The van der Waals surface area contributed by atoms with Crippen LogP contribution in [0.3, 0.4) is 0 Å². The largest absolute Gasteiger partial charge is 0.349 e. The van der Waals surface area contributed by atoms with Gasteiger partial charge >= 0.3 is 0 Å². The Morgan fingerprint density at radius 1 is 1.14 bits per heavy atom. The average Bonchev–Trinajstić information content (AvgIpc) is 2.59. The molecule has 0 atom stereocenters. The summed E-state index contributed by atoms with van der Waals surface area (Å²) in [4.78, 5) is 20.2. The molecule has 3 rings (SSSR count). The molecule has 0 saturated heterocycles. The van der Waals surface area contributed by atoms with Gasteiger partial charge in [0.1, 0.15) is 6.33 Å². The zero-order valence-electron chi connectivity index (χ0n) is 11.9. The Bertz CT molecular complexity index is 813. The lowest BCUT2D eigenvalue weighted by molar-refractivity contribution is 0.0958. The van der Waals surface area contributed by atoms with Gasteiger partial charge in [-0.25, -0.2) is 9.97 Å². The maximum Gasteiger partial charge on any atom is 0.251 e. The van der Waals surface area contributed by atoms with E-state index in [1.54, 1.807) is 18.3 Å². The lowest BCUT2D eigenvalue weighted by Crippen LogP contribution is -2.23. The second kappa shape index (κ2) is 6.63. The van der Waals surface area contributed by atoms with Crippen molar-refractivity contribution in [3.8, 4) is 0 Å². The zero-order valence-corrected chi connectivity index (χ0v) is 11.9. The highest BCUT2D eigenvalue weighted by molar-refractivity contribution is 5.97. The summed E-state index contributed by atoms with van der Waals surface area (Å²) in [7, 11) is 0. The SMILES string of the molecule is O=C(NCC=Cc1ccccc1)c1ccc2ncncc2c1. The minimum Gasteiger partial charge on any atom is -0.349 e. The number of hydrogen-bond acceptors (Lipinski definition) is 3. The van der Waals surface area contributed by atoms with Crippen LogP contribution in [0, 0.1) is 0 Å². The predicted molar refractivity (Wildman–Crippen MR) is 87.3 cm³/mol. The van der Waals surface area contributed by atoms with Crippen LogP contribution in [0.2, 0.25) is 0 Å². The molecule has 0 spiro atoms. The van der Waals surface area contributed by atoms with Gasteiger partial charge in [-0.15, -0.1) is 0 Å². The molecule has 0 unspecified atom stereocenters. The second-order valence-corrected chi connectivity index (χ2v) is 4.82. The molecule has 0 fully saturated rings. The molecule has 3 aromatic rings. The number of nitrogens with zero attached hydrogens (tertiary/aromatic N) is 2. The van der Waals surface area contributed by atoms with Gasteiger partial charge in [-0.3, -0.25) is 4.79 Å². The Morgan fingerprint density at radius 3 is 2.86 bits per heavy atom. The molecule has 1 amide bonds. The van der Waals surface area contributed by atoms with Gasteiger partial charge in [0.2, 0.25) is 0 Å². The fourth-order valence-corrected chi connectivity index (χ4v) is 2.14. The number of benzene rings is 2. The fourth-order valence-electron chi connectivity index (χ4n) is 2.14. The van der Waals surface area contributed by atoms with Crippen molar-refractivity contribution < 1.29 is 4.79 Å². The van der Waals surface area contributed by atoms with E-state index in [-0.39, 0.29) is 5.91 Å². The van der Waals surface area contributed by atoms with Gasteiger partial charge in [-0.05, 0) is 23.8 Å². The van der Waals surface area contributed by atoms with E-state index in [4.69, 9.17) is 0 Å². The van der Waals surface area contributed by atoms with Crippen LogP contribution < -0.4 is 5.32 Å². The van der Waals surface area contributed by atoms with Crippen LogP contribution in [0.1, 0.15) is 15.9 Å². The minimum absolute atomic E-state index is 0.108. The summed E-state index contributed by atoms with van der Waals surface area (Å²) in [6.45, 7) is 0.483. The monoisotopic (exact) mass is 289 g/mol. The number of nitrogens with one attached hydrogen (secondary N) is 1. The standard InChI is InChI=1S/C18H15N3O/c22-18(20-10-4-7-14-5-2-1-3-6-14)15-8-9-17-16(11-15)12-19-13-21-17/h1-9,11-13H,10H2,(H,20,22). The number of rotatable bonds is 4. The van der Waals surface area contributed by atoms with Crippen LogP contribution in [0.5, 0.6) is 0 Å². The van der Waals surface area contributed by atoms with Crippen LogP contribution >= 0.6 is 0 Å². The summed E-state index contributed by atoms with van der Waals surface area (Å²) in [6, 6.07) is 15.4. The van der Waals surface area contributed by atoms with Crippen LogP contribution in [-0.2, 0) is 0 Å². The molecule has 0 aliphatic carbocycles. The van der Waals surface area contributed by atoms with Gasteiger partial charge in [-0.2, -0.15) is 0 Å². The fraction of sp³-hybridized carbons (Fsp3) is 0.0556. The lowest BCUT2D eigenvalue weighted by atomic mass is 10.1. The molecule has 0 saturated carbocycles. The summed E-state index contributed by atoms with van der Waals surface area (Å²) >= 11 is 0. The van der Waals surface area contributed by atoms with Crippen LogP contribution in [-0.4, -0.2) is 22.4 Å². The van der Waals surface area contributed by atoms with Gasteiger partial charge in [0.15, 0.2) is 0 Å². The Kier molecular flexibility index (Phi) is 4.20. The third-order valence-corrected chi connectivity index (χ3v) is 3.26. The van der Waals surface area contributed by atoms with E-state index in [1.807, 2.05) is 48.6 Å². The molecule has 0 aliphatic heterocycles. The van der Waals surface area contributed by atoms with Crippen LogP contribution in [0.25, 0.3) is 17.0 Å². The van der Waals surface area contributed by atoms with Crippen molar-refractivity contribution in [3.63, 3.8) is 0 Å². The number of amides is 1. The van der Waals surface area contributed by atoms with E-state index in [9.17, 15) is 4.79 Å². The van der Waals surface area contributed by atoms with Crippen molar-refractivity contribution in [2.24, 2.45) is 0 Å². The van der Waals surface area contributed by atoms with Gasteiger partial charge in [0, 0.05) is 23.7 Å². The molecular weight excluding hydrogens is 274 g/mol. The molecule has 1 N–H and O–H groups in total. The van der Waals surface area contributed by atoms with E-state index in [1.165, 1.54) is 6.33 Å². The van der Waals surface area contributed by atoms with Gasteiger partial charge in [-0.1, -0.05) is 42.5 Å². The van der Waals surface area contributed by atoms with Crippen LogP contribution in [0.4, 0.5) is 0 Å². The van der Waals surface area contributed by atoms with E-state index in [0.717, 1.165) is 16.5 Å². The molecule has 1 heterocycles. The Balaban J connectivity index is 1.62. The third-order valence-electron chi connectivity index (χ3n) is 3.26. The van der Waals surface area contributed by atoms with Gasteiger partial charge < -0.3 is 5.32 Å². The Labute approximate surface area is 128 Å². The first-order chi connectivity index (χ1) is 10.8. The molecule has 4 heteroatoms. The highest BCUT2D eigenvalue weighted by Gasteiger charge is 2.05. The summed E-state index contributed by atoms with van der Waals surface area (Å²) in [6.07, 6.45) is 7.11. The van der Waals surface area contributed by atoms with E-state index in [0.29, 0.717) is 12.1 Å². The summed E-state index contributed by atoms with van der Waals surface area (Å²) in [5.74, 6) is -0.108. The normalized spacial score (nSPS) is 10.9. The van der Waals surface area contributed by atoms with Gasteiger partial charge in [0.25, 0.3) is 5.91 Å². The first kappa shape index (κ1) is 13.9. The number of aromatic nitrogens is 2. The van der Waals surface area contributed by atoms with Crippen molar-refractivity contribution in [2.75, 3.05) is 6.54 Å². The highest BCUT2D eigenvalue weighted by atomic mass is 16.1. The molecule has 0 bridgehead atoms. The zero-order chi connectivity index (χ0) is 15.2. The van der Waals surface area contributed by atoms with Crippen molar-refractivity contribution >= 4 is 22.9 Å². The van der Waals surface area contributed by atoms with E-state index < -0.39 is 0 Å². The molecule has 108 valence electrons. The topological polar surface area (TPSA) is 54.9 Å². The number of hydrogen-bond donors (Lipinski definition) is 1. The minimum atomic E-state index is -0.108. The first-order valence-corrected chi connectivity index (χ1v) is 7.02. The molecule has 0 radical (unpaired) electrons. The number of fused-ring (bicyclic) bond motifs is 1. The van der Waals surface area contributed by atoms with Crippen LogP contribution in [0.15, 0.2) is 67.1 Å². The quantitative estimate of drug-likeness (QED) is 0.803. The maximum atomic E-state index is 12.1. The van der Waals surface area contributed by atoms with Crippen molar-refractivity contribution in [3.05, 3.63) is 78.3 Å². The summed E-state index contributed by atoms with van der Waals surface area (Å²) in [5.41, 5.74) is 2.55. The smallest absolute Gasteiger partial charge is 0.251 e. The Hall–Kier alpha value is -3.01. The molecule has 1 aromatic heterocycles. The van der Waals surface area contributed by atoms with Crippen molar-refractivity contribution in [2.45, 2.75) is 0 Å². The van der Waals surface area contributed by atoms with Crippen molar-refractivity contribution in [1.82, 2.24) is 15.3 Å². The lowest BCUT2D eigenvalue weighted by Gasteiger charge is -2.03. The maximum absolute atomic E-state index is 12.1. The molecule has 0 aliphatic rings. The summed E-state index contributed by atoms with van der Waals surface area (Å²) < 4.78 is 0. The highest BCUT2D eigenvalue weighted by Crippen LogP contribution is 2.12. The van der Waals surface area contributed by atoms with Gasteiger partial charge in [0.05, 0.1) is 5.52 Å². The summed E-state index contributed by atoms with van der Waals surface area (Å²) in [5, 5.41) is 3.72. The third kappa shape index (κ3) is 3.35. The Morgan fingerprint density at radius 2 is 2.00 bits per heavy atom. The second-order valence-electron chi connectivity index (χ2n) is 4.82. The number of carbonyl (C=O) groups excluding carboxylic acids is 1. The average molecular weight is 289 g/mol.